The average Bonchev–Trinajstić information content (AvgIpc) is 2.54. The van der Waals surface area contributed by atoms with Gasteiger partial charge in [0.25, 0.3) is 0 Å². The van der Waals surface area contributed by atoms with E-state index in [9.17, 15) is 14.4 Å². The summed E-state index contributed by atoms with van der Waals surface area (Å²) in [5.74, 6) is -2.74. The Morgan fingerprint density at radius 1 is 0.760 bits per heavy atom. The van der Waals surface area contributed by atoms with Crippen molar-refractivity contribution in [1.29, 1.82) is 0 Å². The van der Waals surface area contributed by atoms with E-state index in [4.69, 9.17) is 14.0 Å². The molecule has 0 aromatic rings. The van der Waals surface area contributed by atoms with Crippen LogP contribution in [0.3, 0.4) is 0 Å². The Hall–Kier alpha value is -0.831. The minimum absolute atomic E-state index is 0.267. The molecule has 0 unspecified atom stereocenters. The van der Waals surface area contributed by atoms with Crippen molar-refractivity contribution in [2.24, 2.45) is 17.8 Å². The molecule has 1 aliphatic rings. The van der Waals surface area contributed by atoms with Crippen LogP contribution in [0.15, 0.2) is 0 Å². The topological polar surface area (TPSA) is 88.1 Å². The van der Waals surface area contributed by atoms with Crippen LogP contribution in [0.4, 0.5) is 0 Å². The van der Waals surface area contributed by atoms with E-state index in [-0.39, 0.29) is 3.93 Å². The molecular weight excluding hydrogens is 435 g/mol. The SMILES string of the molecule is CC(C)C(=O)[O][Sn]([O]C(=O)C(C)C)([O]C(=O)C(C)C)[CH]1CCOCC1. The predicted molar refractivity (Wildman–Crippen MR) is 92.3 cm³/mol. The van der Waals surface area contributed by atoms with Gasteiger partial charge in [-0.2, -0.15) is 0 Å². The number of ether oxygens (including phenoxy) is 1. The molecule has 0 aromatic carbocycles. The fourth-order valence-corrected chi connectivity index (χ4v) is 11.0. The average molecular weight is 465 g/mol. The molecule has 0 aliphatic carbocycles. The number of hydrogen-bond acceptors (Lipinski definition) is 7. The van der Waals surface area contributed by atoms with Crippen molar-refractivity contribution in [2.45, 2.75) is 58.3 Å². The Bertz CT molecular complexity index is 426. The Labute approximate surface area is 155 Å². The number of carbonyl (C=O) groups excluding carboxylic acids is 3. The van der Waals surface area contributed by atoms with Crippen LogP contribution >= 0.6 is 0 Å². The van der Waals surface area contributed by atoms with E-state index in [1.54, 1.807) is 41.5 Å². The standard InChI is InChI=1S/C5H9O.3C4H8O2.Sn/c1-2-4-6-5-3-1;3*1-3(2)4(5)6;/h1H,2-5H2;3*3H,1-2H3,(H,5,6);/q;;;;+3/p-3. The second kappa shape index (κ2) is 9.75. The van der Waals surface area contributed by atoms with E-state index in [0.29, 0.717) is 26.1 Å². The second-order valence-electron chi connectivity index (χ2n) is 7.22. The van der Waals surface area contributed by atoms with Crippen LogP contribution in [-0.4, -0.2) is 50.7 Å². The minimum atomic E-state index is -4.85. The first-order chi connectivity index (χ1) is 11.6. The van der Waals surface area contributed by atoms with Gasteiger partial charge in [0, 0.05) is 0 Å². The molecule has 1 rings (SSSR count). The molecule has 0 N–H and O–H groups in total. The zero-order valence-corrected chi connectivity index (χ0v) is 18.8. The molecule has 0 radical (unpaired) electrons. The van der Waals surface area contributed by atoms with E-state index in [2.05, 4.69) is 0 Å². The van der Waals surface area contributed by atoms with Crippen LogP contribution in [0.5, 0.6) is 0 Å². The van der Waals surface area contributed by atoms with E-state index < -0.39 is 55.3 Å². The van der Waals surface area contributed by atoms with Gasteiger partial charge in [-0.3, -0.25) is 0 Å². The van der Waals surface area contributed by atoms with Gasteiger partial charge in [0.2, 0.25) is 0 Å². The molecule has 0 aromatic heterocycles. The molecule has 0 bridgehead atoms. The molecule has 1 aliphatic heterocycles. The van der Waals surface area contributed by atoms with E-state index >= 15 is 0 Å². The molecule has 1 heterocycles. The van der Waals surface area contributed by atoms with Crippen molar-refractivity contribution in [2.75, 3.05) is 13.2 Å². The summed E-state index contributed by atoms with van der Waals surface area (Å²) in [7, 11) is 0. The van der Waals surface area contributed by atoms with Gasteiger partial charge in [-0.1, -0.05) is 0 Å². The molecule has 1 saturated heterocycles. The normalized spacial score (nSPS) is 16.2. The van der Waals surface area contributed by atoms with Gasteiger partial charge in [-0.05, 0) is 0 Å². The molecule has 1 fully saturated rings. The maximum absolute atomic E-state index is 12.3. The van der Waals surface area contributed by atoms with Crippen LogP contribution in [0.25, 0.3) is 0 Å². The van der Waals surface area contributed by atoms with Crippen LogP contribution in [0.2, 0.25) is 3.93 Å². The molecule has 8 heteroatoms. The number of hydrogen-bond donors (Lipinski definition) is 0. The van der Waals surface area contributed by atoms with E-state index in [1.165, 1.54) is 0 Å². The zero-order valence-electron chi connectivity index (χ0n) is 16.0. The van der Waals surface area contributed by atoms with Crippen LogP contribution in [0.1, 0.15) is 54.4 Å². The molecule has 0 spiro atoms. The molecule has 25 heavy (non-hydrogen) atoms. The summed E-state index contributed by atoms with van der Waals surface area (Å²) >= 11 is -4.85. The summed E-state index contributed by atoms with van der Waals surface area (Å²) < 4.78 is 22.2. The summed E-state index contributed by atoms with van der Waals surface area (Å²) in [6, 6.07) is 0. The summed E-state index contributed by atoms with van der Waals surface area (Å²) in [6.07, 6.45) is 1.08. The Morgan fingerprint density at radius 2 is 1.08 bits per heavy atom. The van der Waals surface area contributed by atoms with Gasteiger partial charge >= 0.3 is 155 Å². The van der Waals surface area contributed by atoms with Gasteiger partial charge in [-0.15, -0.1) is 0 Å². The van der Waals surface area contributed by atoms with Gasteiger partial charge in [-0.25, -0.2) is 0 Å². The van der Waals surface area contributed by atoms with Gasteiger partial charge in [0.05, 0.1) is 0 Å². The molecule has 0 saturated carbocycles. The third-order valence-electron chi connectivity index (χ3n) is 3.86. The molecule has 0 amide bonds. The zero-order chi connectivity index (χ0) is 19.2. The second-order valence-corrected chi connectivity index (χ2v) is 14.7. The number of rotatable bonds is 7. The first-order valence-corrected chi connectivity index (χ1v) is 14.0. The van der Waals surface area contributed by atoms with Crippen molar-refractivity contribution in [1.82, 2.24) is 0 Å². The van der Waals surface area contributed by atoms with Crippen LogP contribution in [0, 0.1) is 17.8 Å². The number of carbonyl (C=O) groups is 3. The fourth-order valence-electron chi connectivity index (χ4n) is 2.14. The third-order valence-corrected chi connectivity index (χ3v) is 12.5. The Morgan fingerprint density at radius 3 is 1.36 bits per heavy atom. The van der Waals surface area contributed by atoms with Gasteiger partial charge in [0.15, 0.2) is 0 Å². The quantitative estimate of drug-likeness (QED) is 0.535. The fraction of sp³-hybridized carbons (Fsp3) is 0.824. The van der Waals surface area contributed by atoms with Crippen molar-refractivity contribution >= 4 is 37.5 Å². The monoisotopic (exact) mass is 466 g/mol. The van der Waals surface area contributed by atoms with Crippen molar-refractivity contribution < 1.29 is 28.3 Å². The van der Waals surface area contributed by atoms with Crippen LogP contribution < -0.4 is 0 Å². The summed E-state index contributed by atoms with van der Waals surface area (Å²) in [5.41, 5.74) is 0. The van der Waals surface area contributed by atoms with Crippen molar-refractivity contribution in [3.05, 3.63) is 0 Å². The molecule has 7 nitrogen and oxygen atoms in total. The van der Waals surface area contributed by atoms with Crippen molar-refractivity contribution in [3.8, 4) is 0 Å². The first-order valence-electron chi connectivity index (χ1n) is 8.85. The van der Waals surface area contributed by atoms with Crippen LogP contribution in [-0.2, 0) is 28.3 Å². The molecule has 144 valence electrons. The molecule has 0 atom stereocenters. The summed E-state index contributed by atoms with van der Waals surface area (Å²) in [4.78, 5) is 37.0. The third kappa shape index (κ3) is 6.43. The van der Waals surface area contributed by atoms with Gasteiger partial charge < -0.3 is 0 Å². The van der Waals surface area contributed by atoms with E-state index in [0.717, 1.165) is 0 Å². The maximum atomic E-state index is 12.3. The predicted octanol–water partition coefficient (Wildman–Crippen LogP) is 2.70. The first kappa shape index (κ1) is 22.2. The van der Waals surface area contributed by atoms with Crippen molar-refractivity contribution in [3.63, 3.8) is 0 Å². The van der Waals surface area contributed by atoms with E-state index in [1.807, 2.05) is 0 Å². The summed E-state index contributed by atoms with van der Waals surface area (Å²) in [6.45, 7) is 11.1. The Kier molecular flexibility index (Phi) is 8.66. The van der Waals surface area contributed by atoms with Gasteiger partial charge in [0.1, 0.15) is 0 Å². The molecular formula is C17H30O7Sn. The Balaban J connectivity index is 3.24. The summed E-state index contributed by atoms with van der Waals surface area (Å²) in [5, 5.41) is 0.